The number of nitrogens with two attached hydrogens (primary N) is 1. The second-order valence-corrected chi connectivity index (χ2v) is 15.1. The number of rotatable bonds is 7. The van der Waals surface area contributed by atoms with Crippen LogP contribution in [0.5, 0.6) is 0 Å². The largest absolute Gasteiger partial charge is 0.464 e. The van der Waals surface area contributed by atoms with Gasteiger partial charge in [0.05, 0.1) is 17.6 Å². The molecular formula is C38H49N5O7. The quantitative estimate of drug-likeness (QED) is 0.287. The molecule has 0 radical (unpaired) electrons. The summed E-state index contributed by atoms with van der Waals surface area (Å²) in [6.07, 6.45) is 0.575. The molecule has 0 atom stereocenters. The second kappa shape index (κ2) is 14.1. The maximum absolute atomic E-state index is 14.9. The molecule has 2 aliphatic heterocycles. The molecule has 0 saturated carbocycles. The number of amides is 5. The highest BCUT2D eigenvalue weighted by Gasteiger charge is 2.62. The first-order chi connectivity index (χ1) is 23.3. The number of carbonyl (C=O) groups is 5. The van der Waals surface area contributed by atoms with Gasteiger partial charge in [0.2, 0.25) is 5.91 Å². The first kappa shape index (κ1) is 37.8. The number of carboxylic acid groups (broad SMARTS) is 2. The molecule has 1 saturated heterocycles. The number of likely N-dealkylation sites (tertiary alicyclic amines) is 1. The maximum atomic E-state index is 14.9. The number of imide groups is 1. The van der Waals surface area contributed by atoms with Crippen LogP contribution in [0, 0.1) is 23.2 Å². The van der Waals surface area contributed by atoms with Gasteiger partial charge in [-0.15, -0.1) is 0 Å². The number of primary amides is 1. The molecule has 0 bridgehead atoms. The van der Waals surface area contributed by atoms with Crippen LogP contribution in [-0.4, -0.2) is 86.8 Å². The van der Waals surface area contributed by atoms with Crippen LogP contribution in [-0.2, 0) is 9.59 Å². The Bertz CT molecular complexity index is 1750. The molecule has 0 spiro atoms. The van der Waals surface area contributed by atoms with E-state index in [1.165, 1.54) is 4.90 Å². The molecule has 50 heavy (non-hydrogen) atoms. The molecule has 2 aromatic carbocycles. The summed E-state index contributed by atoms with van der Waals surface area (Å²) in [6.45, 7) is 15.9. The lowest BCUT2D eigenvalue weighted by Gasteiger charge is -2.55. The lowest BCUT2D eigenvalue weighted by Crippen LogP contribution is -2.62. The van der Waals surface area contributed by atoms with E-state index in [0.717, 1.165) is 42.6 Å². The maximum Gasteiger partial charge on any atom is 0.422 e. The van der Waals surface area contributed by atoms with E-state index < -0.39 is 46.8 Å². The Balaban J connectivity index is 2.07. The van der Waals surface area contributed by atoms with Crippen molar-refractivity contribution in [3.05, 3.63) is 58.7 Å². The molecule has 12 nitrogen and oxygen atoms in total. The number of benzene rings is 2. The van der Waals surface area contributed by atoms with E-state index >= 15 is 0 Å². The van der Waals surface area contributed by atoms with Crippen LogP contribution in [0.1, 0.15) is 89.2 Å². The lowest BCUT2D eigenvalue weighted by atomic mass is 9.49. The highest BCUT2D eigenvalue weighted by Crippen LogP contribution is 2.60. The smallest absolute Gasteiger partial charge is 0.422 e. The zero-order valence-electron chi connectivity index (χ0n) is 30.3. The Morgan fingerprint density at radius 2 is 1.52 bits per heavy atom. The molecular weight excluding hydrogens is 638 g/mol. The predicted octanol–water partition coefficient (Wildman–Crippen LogP) is 6.79. The van der Waals surface area contributed by atoms with Crippen molar-refractivity contribution in [2.75, 3.05) is 26.2 Å². The van der Waals surface area contributed by atoms with Crippen molar-refractivity contribution in [2.24, 2.45) is 27.0 Å². The number of amidine groups is 1. The van der Waals surface area contributed by atoms with E-state index in [0.29, 0.717) is 17.5 Å². The fourth-order valence-electron chi connectivity index (χ4n) is 7.93. The van der Waals surface area contributed by atoms with Crippen molar-refractivity contribution in [3.63, 3.8) is 0 Å². The average Bonchev–Trinajstić information content (AvgIpc) is 3.48. The SMILES string of the molecule is CCCN(CC(N)=O)C(=O)C1=Cc2cc(-c3ccc(C(=O)N4CCCC4)cc3C)ccc2N=C(N(C(=O)O)C(=O)O)C1(C(C)(C)C)C(C)(C)C. The molecule has 12 heteroatoms. The van der Waals surface area contributed by atoms with Crippen LogP contribution in [0.3, 0.4) is 0 Å². The first-order valence-corrected chi connectivity index (χ1v) is 17.0. The fraction of sp³-hybridized carbons (Fsp3) is 0.474. The molecule has 4 rings (SSSR count). The molecule has 5 amide bonds. The van der Waals surface area contributed by atoms with E-state index in [-0.39, 0.29) is 34.4 Å². The summed E-state index contributed by atoms with van der Waals surface area (Å²) in [5.41, 5.74) is 5.72. The molecule has 268 valence electrons. The average molecular weight is 688 g/mol. The van der Waals surface area contributed by atoms with Gasteiger partial charge in [-0.1, -0.05) is 60.6 Å². The first-order valence-electron chi connectivity index (χ1n) is 17.0. The molecule has 4 N–H and O–H groups in total. The predicted molar refractivity (Wildman–Crippen MR) is 192 cm³/mol. The van der Waals surface area contributed by atoms with Crippen molar-refractivity contribution in [1.29, 1.82) is 0 Å². The summed E-state index contributed by atoms with van der Waals surface area (Å²) in [5.74, 6) is -1.67. The van der Waals surface area contributed by atoms with Gasteiger partial charge in [0.25, 0.3) is 11.8 Å². The fourth-order valence-corrected chi connectivity index (χ4v) is 7.93. The molecule has 1 fully saturated rings. The Morgan fingerprint density at radius 3 is 2.02 bits per heavy atom. The Labute approximate surface area is 293 Å². The number of hydrogen-bond acceptors (Lipinski definition) is 6. The molecule has 0 aliphatic carbocycles. The number of hydrogen-bond donors (Lipinski definition) is 3. The minimum atomic E-state index is -1.78. The van der Waals surface area contributed by atoms with E-state index in [1.807, 2.05) is 78.5 Å². The van der Waals surface area contributed by atoms with Crippen molar-refractivity contribution < 1.29 is 34.2 Å². The van der Waals surface area contributed by atoms with E-state index in [9.17, 15) is 34.2 Å². The highest BCUT2D eigenvalue weighted by atomic mass is 16.4. The van der Waals surface area contributed by atoms with Crippen LogP contribution in [0.15, 0.2) is 47.0 Å². The summed E-state index contributed by atoms with van der Waals surface area (Å²) in [6, 6.07) is 10.8. The number of aryl methyl sites for hydroxylation is 1. The number of nitrogens with zero attached hydrogens (tertiary/aromatic N) is 4. The van der Waals surface area contributed by atoms with E-state index in [1.54, 1.807) is 24.3 Å². The summed E-state index contributed by atoms with van der Waals surface area (Å²) in [4.78, 5) is 73.9. The lowest BCUT2D eigenvalue weighted by molar-refractivity contribution is -0.134. The van der Waals surface area contributed by atoms with E-state index in [2.05, 4.69) is 0 Å². The zero-order valence-corrected chi connectivity index (χ0v) is 30.3. The van der Waals surface area contributed by atoms with Crippen molar-refractivity contribution in [2.45, 2.75) is 74.7 Å². The molecule has 2 aliphatic rings. The van der Waals surface area contributed by atoms with Crippen LogP contribution in [0.4, 0.5) is 15.3 Å². The second-order valence-electron chi connectivity index (χ2n) is 15.1. The zero-order chi connectivity index (χ0) is 37.3. The molecule has 2 aromatic rings. The van der Waals surface area contributed by atoms with Gasteiger partial charge in [0.15, 0.2) is 0 Å². The van der Waals surface area contributed by atoms with Gasteiger partial charge in [-0.05, 0) is 84.0 Å². The minimum absolute atomic E-state index is 0.0123. The highest BCUT2D eigenvalue weighted by molar-refractivity contribution is 6.18. The third-order valence-corrected chi connectivity index (χ3v) is 9.67. The van der Waals surface area contributed by atoms with Crippen LogP contribution in [0.25, 0.3) is 17.2 Å². The van der Waals surface area contributed by atoms with Crippen molar-refractivity contribution in [1.82, 2.24) is 14.7 Å². The standard InChI is InChI=1S/C38H49N5O7/c1-9-16-42(22-30(39)44)32(46)28-21-26-20-24(27-14-12-25(19-23(27)2)31(45)41-17-10-11-18-41)13-15-29(26)40-33(43(34(47)48)35(49)50)38(28,36(3,4)5)37(6,7)8/h12-15,19-21H,9-11,16-18,22H2,1-8H3,(H2,39,44)(H,47,48)(H,49,50). The molecule has 2 heterocycles. The van der Waals surface area contributed by atoms with Gasteiger partial charge >= 0.3 is 12.2 Å². The topological polar surface area (TPSA) is 174 Å². The summed E-state index contributed by atoms with van der Waals surface area (Å²) in [5, 5.41) is 20.7. The summed E-state index contributed by atoms with van der Waals surface area (Å²) < 4.78 is 0. The van der Waals surface area contributed by atoms with Gasteiger partial charge < -0.3 is 25.7 Å². The van der Waals surface area contributed by atoms with Crippen LogP contribution >= 0.6 is 0 Å². The van der Waals surface area contributed by atoms with Gasteiger partial charge in [0, 0.05) is 36.3 Å². The van der Waals surface area contributed by atoms with Crippen LogP contribution < -0.4 is 5.73 Å². The third-order valence-electron chi connectivity index (χ3n) is 9.67. The number of aliphatic imine (C=N–C) groups is 1. The van der Waals surface area contributed by atoms with Gasteiger partial charge in [-0.25, -0.2) is 14.6 Å². The minimum Gasteiger partial charge on any atom is -0.464 e. The number of fused-ring (bicyclic) bond motifs is 1. The van der Waals surface area contributed by atoms with Crippen LogP contribution in [0.2, 0.25) is 0 Å². The van der Waals surface area contributed by atoms with Crippen molar-refractivity contribution in [3.8, 4) is 11.1 Å². The summed E-state index contributed by atoms with van der Waals surface area (Å²) in [7, 11) is 0. The monoisotopic (exact) mass is 687 g/mol. The van der Waals surface area contributed by atoms with Gasteiger partial charge in [-0.2, -0.15) is 4.90 Å². The van der Waals surface area contributed by atoms with Crippen molar-refractivity contribution >= 4 is 47.5 Å². The van der Waals surface area contributed by atoms with Gasteiger partial charge in [-0.3, -0.25) is 14.4 Å². The Morgan fingerprint density at radius 1 is 0.920 bits per heavy atom. The third kappa shape index (κ3) is 6.88. The Hall–Kier alpha value is -5.00. The molecule has 0 unspecified atom stereocenters. The summed E-state index contributed by atoms with van der Waals surface area (Å²) >= 11 is 0. The molecule has 0 aromatic heterocycles. The normalized spacial score (nSPS) is 15.7. The Kier molecular flexibility index (Phi) is 10.7. The van der Waals surface area contributed by atoms with E-state index in [4.69, 9.17) is 10.7 Å². The number of carbonyl (C=O) groups excluding carboxylic acids is 3. The van der Waals surface area contributed by atoms with Gasteiger partial charge in [0.1, 0.15) is 5.84 Å².